The molecule has 18 amide bonds. The Morgan fingerprint density at radius 3 is 0.969 bits per heavy atom. The number of hydrogen-bond acceptors (Lipinski definition) is 25. The largest absolute Gasteiger partial charge is 0.480 e. The minimum absolute atomic E-state index is 0.00118. The molecule has 31 N–H and O–H groups in total. The van der Waals surface area contributed by atoms with Gasteiger partial charge in [-0.3, -0.25) is 96.5 Å². The Morgan fingerprint density at radius 2 is 0.611 bits per heavy atom. The van der Waals surface area contributed by atoms with Gasteiger partial charge in [0.1, 0.15) is 96.7 Å². The van der Waals surface area contributed by atoms with Crippen molar-refractivity contribution < 1.29 is 117 Å². The number of carbonyl (C=O) groups is 19. The lowest BCUT2D eigenvalue weighted by atomic mass is 10.0. The van der Waals surface area contributed by atoms with Crippen molar-refractivity contribution in [2.75, 3.05) is 26.3 Å². The van der Waals surface area contributed by atoms with Crippen LogP contribution < -0.4 is 113 Å². The molecule has 46 heteroatoms. The SMILES string of the molecule is CC(C)C[C@H](NC(=O)[C@H](CO)NC(=O)CN)C(=O)N[C@@H](CO)C(=O)N[C@H](C(=O)N[C@@H](Cc1ccccc1)C(=O)N[C@@H](Cc1ccccc1)C(=O)N[C@@H](CCCNC(=N)N)C(=O)N[C@@H](C)C(=O)N[C@@H](Cc1ccccc1)C(=O)N[C@@H](CC(N)=O)C(=O)N[C@@H](C)C(=O)N[C@@H](C)C(=O)N[C@@H](Cc1ccccc1)C(=O)N[C@H](C(=O)N[C@@H](CCC(N)=O)C(=O)N[C@@H](C)C(=O)O)[C@@H](C)O)[C@@H](C)O. The summed E-state index contributed by atoms with van der Waals surface area (Å²) < 4.78 is 0. The van der Waals surface area contributed by atoms with Crippen molar-refractivity contribution in [3.05, 3.63) is 144 Å². The smallest absolute Gasteiger partial charge is 0.325 e. The number of rotatable bonds is 56. The molecule has 131 heavy (non-hydrogen) atoms. The first-order chi connectivity index (χ1) is 61.8. The van der Waals surface area contributed by atoms with E-state index in [4.69, 9.17) is 28.3 Å². The third-order valence-electron chi connectivity index (χ3n) is 19.9. The van der Waals surface area contributed by atoms with E-state index in [2.05, 4.69) is 90.4 Å². The minimum atomic E-state index is -1.94. The first kappa shape index (κ1) is 109. The van der Waals surface area contributed by atoms with E-state index in [9.17, 15) is 117 Å². The maximum Gasteiger partial charge on any atom is 0.325 e. The van der Waals surface area contributed by atoms with E-state index in [-0.39, 0.29) is 57.4 Å². The topological polar surface area (TPSA) is 758 Å². The molecular formula is C85H122N22O24. The second-order valence-corrected chi connectivity index (χ2v) is 31.5. The second kappa shape index (κ2) is 55.6. The highest BCUT2D eigenvalue weighted by atomic mass is 16.4. The van der Waals surface area contributed by atoms with Crippen LogP contribution in [0.25, 0.3) is 0 Å². The number of aliphatic carboxylic acids is 1. The van der Waals surface area contributed by atoms with Crippen LogP contribution in [0.5, 0.6) is 0 Å². The maximum atomic E-state index is 15.0. The van der Waals surface area contributed by atoms with E-state index in [1.807, 2.05) is 0 Å². The number of hydrogen-bond donors (Lipinski definition) is 27. The van der Waals surface area contributed by atoms with E-state index < -0.39 is 266 Å². The zero-order valence-corrected chi connectivity index (χ0v) is 73.7. The molecule has 0 aliphatic heterocycles. The summed E-state index contributed by atoms with van der Waals surface area (Å²) in [6.45, 7) is 7.71. The molecule has 0 radical (unpaired) electrons. The molecule has 0 spiro atoms. The summed E-state index contributed by atoms with van der Waals surface area (Å²) in [5, 5.41) is 100. The summed E-state index contributed by atoms with van der Waals surface area (Å²) >= 11 is 0. The van der Waals surface area contributed by atoms with Crippen molar-refractivity contribution in [3.8, 4) is 0 Å². The van der Waals surface area contributed by atoms with Gasteiger partial charge in [-0.2, -0.15) is 0 Å². The van der Waals surface area contributed by atoms with Crippen molar-refractivity contribution >= 4 is 118 Å². The Kier molecular flexibility index (Phi) is 46.3. The van der Waals surface area contributed by atoms with E-state index in [0.717, 1.165) is 27.7 Å². The molecule has 716 valence electrons. The number of carboxylic acid groups (broad SMARTS) is 1. The van der Waals surface area contributed by atoms with Gasteiger partial charge >= 0.3 is 5.97 Å². The van der Waals surface area contributed by atoms with Gasteiger partial charge in [0.05, 0.1) is 38.4 Å². The third kappa shape index (κ3) is 39.2. The third-order valence-corrected chi connectivity index (χ3v) is 19.9. The molecule has 4 rings (SSSR count). The van der Waals surface area contributed by atoms with Crippen LogP contribution in [0.2, 0.25) is 0 Å². The number of benzene rings is 4. The summed E-state index contributed by atoms with van der Waals surface area (Å²) in [4.78, 5) is 260. The molecule has 0 aliphatic rings. The number of carboxylic acids is 1. The standard InChI is InChI=1S/C85H122N22O24/c1-43(2)34-56(101-80(126)62(41-108)96-66(114)40-86)75(121)105-63(42-109)81(127)107-68(49(8)111)83(129)104-59(37-52-26-17-11-18-27-52)78(124)102-58(36-51-24-15-10-16-25-51)76(122)97-54(30-21-33-91-85(89)90)72(118)93-46(5)71(117)99-57(35-50-22-13-9-14-23-50)77(123)103-61(39-65(88)113)74(120)94-44(3)69(115)92-45(4)70(116)100-60(38-53-28-19-12-20-29-53)79(125)106-67(48(7)110)82(128)98-55(31-32-64(87)112)73(119)95-47(6)84(130)131/h9-20,22-29,43-49,54-63,67-68,108-111H,21,30-42,86H2,1-8H3,(H2,87,112)(H2,88,113)(H,92,115)(H,93,118)(H,94,120)(H,95,119)(H,96,114)(H,97,122)(H,98,128)(H,99,117)(H,100,116)(H,101,126)(H,102,124)(H,103,123)(H,104,129)(H,105,121)(H,106,125)(H,107,127)(H,130,131)(H4,89,90,91)/t44-,45-,46-,47-,48+,49+,54-,55-,56-,57-,58-,59-,60-,61-,62-,63-,67-,68-/m0/s1. The Morgan fingerprint density at radius 1 is 0.328 bits per heavy atom. The van der Waals surface area contributed by atoms with E-state index in [0.29, 0.717) is 22.3 Å². The maximum absolute atomic E-state index is 15.0. The van der Waals surface area contributed by atoms with E-state index >= 15 is 0 Å². The Balaban J connectivity index is 1.58. The summed E-state index contributed by atoms with van der Waals surface area (Å²) in [6, 6.07) is 5.95. The molecule has 0 bridgehead atoms. The van der Waals surface area contributed by atoms with Gasteiger partial charge in [-0.05, 0) is 95.4 Å². The van der Waals surface area contributed by atoms with Crippen molar-refractivity contribution in [2.45, 2.75) is 228 Å². The van der Waals surface area contributed by atoms with Crippen LogP contribution in [0.3, 0.4) is 0 Å². The van der Waals surface area contributed by atoms with Gasteiger partial charge in [0.25, 0.3) is 0 Å². The summed E-state index contributed by atoms with van der Waals surface area (Å²) in [6.07, 6.45) is -6.77. The Hall–Kier alpha value is -14.1. The van der Waals surface area contributed by atoms with E-state index in [1.54, 1.807) is 135 Å². The highest BCUT2D eigenvalue weighted by Gasteiger charge is 2.40. The number of aliphatic hydroxyl groups excluding tert-OH is 4. The van der Waals surface area contributed by atoms with Gasteiger partial charge in [-0.15, -0.1) is 0 Å². The van der Waals surface area contributed by atoms with Crippen molar-refractivity contribution in [3.63, 3.8) is 0 Å². The zero-order chi connectivity index (χ0) is 97.9. The highest BCUT2D eigenvalue weighted by Crippen LogP contribution is 2.15. The first-order valence-corrected chi connectivity index (χ1v) is 42.0. The molecule has 0 unspecified atom stereocenters. The molecule has 0 aromatic heterocycles. The van der Waals surface area contributed by atoms with Crippen LogP contribution in [0.15, 0.2) is 121 Å². The Bertz CT molecular complexity index is 4580. The fourth-order valence-electron chi connectivity index (χ4n) is 12.7. The number of amides is 18. The van der Waals surface area contributed by atoms with Crippen LogP contribution in [-0.4, -0.2) is 279 Å². The molecule has 0 aliphatic carbocycles. The molecule has 4 aromatic carbocycles. The fourth-order valence-corrected chi connectivity index (χ4v) is 12.7. The molecule has 0 fully saturated rings. The van der Waals surface area contributed by atoms with Gasteiger partial charge in [-0.1, -0.05) is 135 Å². The van der Waals surface area contributed by atoms with Crippen LogP contribution in [0.1, 0.15) is 116 Å². The van der Waals surface area contributed by atoms with Crippen LogP contribution in [-0.2, 0) is 117 Å². The summed E-state index contributed by atoms with van der Waals surface area (Å²) in [5.41, 5.74) is 23.5. The number of guanidine groups is 1. The van der Waals surface area contributed by atoms with Crippen LogP contribution >= 0.6 is 0 Å². The lowest BCUT2D eigenvalue weighted by molar-refractivity contribution is -0.142. The van der Waals surface area contributed by atoms with Gasteiger partial charge in [0, 0.05) is 38.6 Å². The Labute approximate surface area is 754 Å². The van der Waals surface area contributed by atoms with Gasteiger partial charge in [0.2, 0.25) is 106 Å². The minimum Gasteiger partial charge on any atom is -0.480 e. The number of aliphatic hydroxyl groups is 4. The fraction of sp³-hybridized carbons (Fsp3) is 0.482. The quantitative estimate of drug-likeness (QED) is 0.0111. The molecule has 4 aromatic rings. The van der Waals surface area contributed by atoms with E-state index in [1.165, 1.54) is 13.8 Å². The average Bonchev–Trinajstić information content (AvgIpc) is 0.845. The van der Waals surface area contributed by atoms with Crippen LogP contribution in [0, 0.1) is 11.3 Å². The lowest BCUT2D eigenvalue weighted by Crippen LogP contribution is -2.63. The van der Waals surface area contributed by atoms with Crippen molar-refractivity contribution in [1.29, 1.82) is 5.41 Å². The van der Waals surface area contributed by atoms with Gasteiger partial charge < -0.3 is 139 Å². The number of primary amides is 2. The molecule has 0 saturated carbocycles. The lowest BCUT2D eigenvalue weighted by Gasteiger charge is -2.29. The summed E-state index contributed by atoms with van der Waals surface area (Å²) in [5.74, 6) is -21.3. The second-order valence-electron chi connectivity index (χ2n) is 31.5. The predicted octanol–water partition coefficient (Wildman–Crippen LogP) is -8.97. The van der Waals surface area contributed by atoms with Crippen LogP contribution in [0.4, 0.5) is 0 Å². The zero-order valence-electron chi connectivity index (χ0n) is 73.7. The molecule has 0 heterocycles. The predicted molar refractivity (Wildman–Crippen MR) is 469 cm³/mol. The average molecular weight is 1840 g/mol. The number of nitrogens with one attached hydrogen (secondary N) is 18. The number of carbonyl (C=O) groups excluding carboxylic acids is 18. The highest BCUT2D eigenvalue weighted by molar-refractivity contribution is 6.02. The van der Waals surface area contributed by atoms with Gasteiger partial charge in [0.15, 0.2) is 5.96 Å². The van der Waals surface area contributed by atoms with Crippen molar-refractivity contribution in [1.82, 2.24) is 90.4 Å². The molecule has 18 atom stereocenters. The van der Waals surface area contributed by atoms with Crippen molar-refractivity contribution in [2.24, 2.45) is 28.9 Å². The summed E-state index contributed by atoms with van der Waals surface area (Å²) in [7, 11) is 0. The molecule has 46 nitrogen and oxygen atoms in total. The van der Waals surface area contributed by atoms with Gasteiger partial charge in [-0.25, -0.2) is 0 Å². The molecule has 0 saturated heterocycles. The number of nitrogens with two attached hydrogens (primary N) is 4. The first-order valence-electron chi connectivity index (χ1n) is 42.0. The normalized spacial score (nSPS) is 15.1. The molecular weight excluding hydrogens is 1710 g/mol. The monoisotopic (exact) mass is 1830 g/mol.